The number of thiazole rings is 1. The van der Waals surface area contributed by atoms with Gasteiger partial charge >= 0.3 is 0 Å². The van der Waals surface area contributed by atoms with Gasteiger partial charge in [-0.1, -0.05) is 0 Å². The van der Waals surface area contributed by atoms with Crippen LogP contribution >= 0.6 is 11.3 Å². The second-order valence-corrected chi connectivity index (χ2v) is 3.97. The molecule has 2 rings (SSSR count). The van der Waals surface area contributed by atoms with Gasteiger partial charge in [0.2, 0.25) is 0 Å². The minimum absolute atomic E-state index is 0.296. The number of nitrogen functional groups attached to an aromatic ring is 1. The van der Waals surface area contributed by atoms with Gasteiger partial charge in [0.25, 0.3) is 5.91 Å². The van der Waals surface area contributed by atoms with Crippen molar-refractivity contribution in [1.82, 2.24) is 15.2 Å². The largest absolute Gasteiger partial charge is 0.394 e. The van der Waals surface area contributed by atoms with Crippen LogP contribution in [0.3, 0.4) is 0 Å². The summed E-state index contributed by atoms with van der Waals surface area (Å²) in [5.74, 6) is 0.0981. The van der Waals surface area contributed by atoms with Gasteiger partial charge in [-0.2, -0.15) is 5.10 Å². The Labute approximate surface area is 89.5 Å². The fourth-order valence-electron chi connectivity index (χ4n) is 1.04. The number of aromatic amines is 1. The van der Waals surface area contributed by atoms with Crippen LogP contribution < -0.4 is 11.1 Å². The number of hydrogen-bond donors (Lipinski definition) is 3. The molecule has 0 aliphatic carbocycles. The molecule has 15 heavy (non-hydrogen) atoms. The number of anilines is 2. The first-order chi connectivity index (χ1) is 7.16. The van der Waals surface area contributed by atoms with Crippen LogP contribution in [-0.2, 0) is 0 Å². The van der Waals surface area contributed by atoms with Crippen LogP contribution in [0, 0.1) is 6.92 Å². The molecule has 0 aromatic carbocycles. The van der Waals surface area contributed by atoms with Gasteiger partial charge in [0.15, 0.2) is 5.82 Å². The SMILES string of the molecule is Cc1nc(C(=O)Nc2[nH]ncc2N)cs1. The zero-order valence-electron chi connectivity index (χ0n) is 7.94. The molecule has 0 saturated heterocycles. The van der Waals surface area contributed by atoms with E-state index in [2.05, 4.69) is 20.5 Å². The molecule has 0 unspecified atom stereocenters. The molecule has 7 heteroatoms. The van der Waals surface area contributed by atoms with Crippen molar-refractivity contribution in [1.29, 1.82) is 0 Å². The van der Waals surface area contributed by atoms with E-state index in [4.69, 9.17) is 5.73 Å². The van der Waals surface area contributed by atoms with Gasteiger partial charge in [0, 0.05) is 5.38 Å². The van der Waals surface area contributed by atoms with E-state index in [0.29, 0.717) is 17.2 Å². The lowest BCUT2D eigenvalue weighted by Crippen LogP contribution is -2.13. The third-order valence-electron chi connectivity index (χ3n) is 1.76. The van der Waals surface area contributed by atoms with Gasteiger partial charge in [-0.25, -0.2) is 4.98 Å². The van der Waals surface area contributed by atoms with Crippen molar-refractivity contribution in [3.05, 3.63) is 22.3 Å². The summed E-state index contributed by atoms with van der Waals surface area (Å²) in [7, 11) is 0. The van der Waals surface area contributed by atoms with Crippen LogP contribution in [0.15, 0.2) is 11.6 Å². The van der Waals surface area contributed by atoms with E-state index in [1.54, 1.807) is 5.38 Å². The second-order valence-electron chi connectivity index (χ2n) is 2.91. The molecular weight excluding hydrogens is 214 g/mol. The van der Waals surface area contributed by atoms with Gasteiger partial charge < -0.3 is 11.1 Å². The number of aryl methyl sites for hydroxylation is 1. The minimum Gasteiger partial charge on any atom is -0.394 e. The number of rotatable bonds is 2. The van der Waals surface area contributed by atoms with Crippen molar-refractivity contribution in [2.45, 2.75) is 6.92 Å². The minimum atomic E-state index is -0.296. The Kier molecular flexibility index (Phi) is 2.38. The van der Waals surface area contributed by atoms with Crippen molar-refractivity contribution in [3.8, 4) is 0 Å². The van der Waals surface area contributed by atoms with Gasteiger partial charge in [0.1, 0.15) is 5.69 Å². The summed E-state index contributed by atoms with van der Waals surface area (Å²) in [4.78, 5) is 15.7. The fraction of sp³-hybridized carbons (Fsp3) is 0.125. The third kappa shape index (κ3) is 1.96. The molecule has 2 heterocycles. The Bertz CT molecular complexity index is 489. The molecule has 4 N–H and O–H groups in total. The lowest BCUT2D eigenvalue weighted by molar-refractivity contribution is 0.102. The molecule has 0 fully saturated rings. The molecule has 0 aliphatic heterocycles. The highest BCUT2D eigenvalue weighted by Gasteiger charge is 2.11. The third-order valence-corrected chi connectivity index (χ3v) is 2.53. The Morgan fingerprint density at radius 2 is 2.47 bits per heavy atom. The first-order valence-corrected chi connectivity index (χ1v) is 5.07. The molecule has 0 saturated carbocycles. The summed E-state index contributed by atoms with van der Waals surface area (Å²) < 4.78 is 0. The van der Waals surface area contributed by atoms with E-state index in [9.17, 15) is 4.79 Å². The Balaban J connectivity index is 2.14. The first-order valence-electron chi connectivity index (χ1n) is 4.19. The van der Waals surface area contributed by atoms with E-state index in [1.807, 2.05) is 6.92 Å². The standard InChI is InChI=1S/C8H9N5OS/c1-4-11-6(3-15-4)8(14)12-7-5(9)2-10-13-7/h2-3H,9H2,1H3,(H2,10,12,13,14). The smallest absolute Gasteiger partial charge is 0.276 e. The van der Waals surface area contributed by atoms with E-state index in [1.165, 1.54) is 17.5 Å². The number of H-pyrrole nitrogens is 1. The van der Waals surface area contributed by atoms with Crippen LogP contribution in [0.5, 0.6) is 0 Å². The molecule has 6 nitrogen and oxygen atoms in total. The van der Waals surface area contributed by atoms with Crippen molar-refractivity contribution in [2.24, 2.45) is 0 Å². The predicted octanol–water partition coefficient (Wildman–Crippen LogP) is 1.01. The van der Waals surface area contributed by atoms with Crippen LogP contribution in [0.1, 0.15) is 15.5 Å². The molecule has 78 valence electrons. The monoisotopic (exact) mass is 223 g/mol. The Hall–Kier alpha value is -1.89. The number of hydrogen-bond acceptors (Lipinski definition) is 5. The zero-order chi connectivity index (χ0) is 10.8. The number of nitrogens with two attached hydrogens (primary N) is 1. The number of carbonyl (C=O) groups excluding carboxylic acids is 1. The number of nitrogens with zero attached hydrogens (tertiary/aromatic N) is 2. The van der Waals surface area contributed by atoms with Gasteiger partial charge in [-0.3, -0.25) is 9.89 Å². The summed E-state index contributed by atoms with van der Waals surface area (Å²) in [5, 5.41) is 11.4. The molecule has 0 radical (unpaired) electrons. The van der Waals surface area contributed by atoms with Gasteiger partial charge in [0.05, 0.1) is 16.9 Å². The highest BCUT2D eigenvalue weighted by Crippen LogP contribution is 2.14. The lowest BCUT2D eigenvalue weighted by Gasteiger charge is -1.99. The maximum absolute atomic E-state index is 11.6. The maximum atomic E-state index is 11.6. The highest BCUT2D eigenvalue weighted by atomic mass is 32.1. The normalized spacial score (nSPS) is 10.2. The molecule has 0 bridgehead atoms. The summed E-state index contributed by atoms with van der Waals surface area (Å²) in [6, 6.07) is 0. The van der Waals surface area contributed by atoms with E-state index in [-0.39, 0.29) is 5.91 Å². The van der Waals surface area contributed by atoms with Gasteiger partial charge in [-0.05, 0) is 6.92 Å². The number of aromatic nitrogens is 3. The van der Waals surface area contributed by atoms with E-state index >= 15 is 0 Å². The summed E-state index contributed by atoms with van der Waals surface area (Å²) >= 11 is 1.42. The topological polar surface area (TPSA) is 96.7 Å². The van der Waals surface area contributed by atoms with Crippen LogP contribution in [0.25, 0.3) is 0 Å². The maximum Gasteiger partial charge on any atom is 0.276 e. The quantitative estimate of drug-likeness (QED) is 0.707. The van der Waals surface area contributed by atoms with Crippen molar-refractivity contribution >= 4 is 28.7 Å². The van der Waals surface area contributed by atoms with Gasteiger partial charge in [-0.15, -0.1) is 11.3 Å². The molecule has 1 amide bonds. The molecule has 0 atom stereocenters. The molecular formula is C8H9N5OS. The van der Waals surface area contributed by atoms with Crippen LogP contribution in [-0.4, -0.2) is 21.1 Å². The molecule has 2 aromatic rings. The molecule has 0 spiro atoms. The molecule has 0 aliphatic rings. The number of nitrogens with one attached hydrogen (secondary N) is 2. The highest BCUT2D eigenvalue weighted by molar-refractivity contribution is 7.09. The van der Waals surface area contributed by atoms with E-state index < -0.39 is 0 Å². The zero-order valence-corrected chi connectivity index (χ0v) is 8.76. The number of carbonyl (C=O) groups is 1. The Morgan fingerprint density at radius 1 is 1.67 bits per heavy atom. The van der Waals surface area contributed by atoms with Crippen molar-refractivity contribution < 1.29 is 4.79 Å². The Morgan fingerprint density at radius 3 is 3.00 bits per heavy atom. The van der Waals surface area contributed by atoms with Crippen LogP contribution in [0.4, 0.5) is 11.5 Å². The summed E-state index contributed by atoms with van der Waals surface area (Å²) in [5.41, 5.74) is 6.33. The van der Waals surface area contributed by atoms with Crippen molar-refractivity contribution in [3.63, 3.8) is 0 Å². The predicted molar refractivity (Wildman–Crippen MR) is 57.8 cm³/mol. The second kappa shape index (κ2) is 3.70. The first kappa shape index (κ1) is 9.66. The molecule has 2 aromatic heterocycles. The van der Waals surface area contributed by atoms with E-state index in [0.717, 1.165) is 5.01 Å². The summed E-state index contributed by atoms with van der Waals surface area (Å²) in [6.45, 7) is 1.84. The average Bonchev–Trinajstić information content (AvgIpc) is 2.77. The van der Waals surface area contributed by atoms with Crippen molar-refractivity contribution in [2.75, 3.05) is 11.1 Å². The van der Waals surface area contributed by atoms with Crippen LogP contribution in [0.2, 0.25) is 0 Å². The lowest BCUT2D eigenvalue weighted by atomic mass is 10.4. The fourth-order valence-corrected chi connectivity index (χ4v) is 1.63. The average molecular weight is 223 g/mol. The number of amides is 1. The summed E-state index contributed by atoms with van der Waals surface area (Å²) in [6.07, 6.45) is 1.43.